The molecule has 0 radical (unpaired) electrons. The van der Waals surface area contributed by atoms with Crippen LogP contribution in [0.1, 0.15) is 5.69 Å². The third kappa shape index (κ3) is 4.22. The molecule has 7 nitrogen and oxygen atoms in total. The van der Waals surface area contributed by atoms with E-state index in [-0.39, 0.29) is 23.1 Å². The topological polar surface area (TPSA) is 78.3 Å². The molecular formula is C15H17F2N5O2S2. The van der Waals surface area contributed by atoms with Crippen LogP contribution in [0.2, 0.25) is 0 Å². The van der Waals surface area contributed by atoms with Crippen molar-refractivity contribution in [3.63, 3.8) is 0 Å². The normalized spacial score (nSPS) is 15.2. The standard InChI is InChI=1S/C15H17F2N5O2S2/c1-24-15(25)18-8-10-9-22(20-19-10)11-6-12(16)14(13(17)7-11)21-2-4-26(23)5-3-21/h6-7,9H,2-5,8H2,1H3,(H,18,25). The van der Waals surface area contributed by atoms with Crippen LogP contribution in [-0.4, -0.2) is 56.4 Å². The fourth-order valence-corrected chi connectivity index (χ4v) is 3.71. The molecule has 1 fully saturated rings. The zero-order valence-electron chi connectivity index (χ0n) is 13.9. The van der Waals surface area contributed by atoms with Crippen LogP contribution in [0.5, 0.6) is 0 Å². The van der Waals surface area contributed by atoms with Crippen molar-refractivity contribution in [3.05, 3.63) is 35.7 Å². The highest BCUT2D eigenvalue weighted by molar-refractivity contribution is 7.91. The lowest BCUT2D eigenvalue weighted by Gasteiger charge is -2.30. The van der Waals surface area contributed by atoms with E-state index in [1.165, 1.54) is 23.9 Å². The number of hydrogen-bond donors (Lipinski definition) is 1. The van der Waals surface area contributed by atoms with Gasteiger partial charge in [-0.15, -0.1) is 5.10 Å². The van der Waals surface area contributed by atoms with Crippen LogP contribution in [0.15, 0.2) is 18.3 Å². The second kappa shape index (κ2) is 8.14. The van der Waals surface area contributed by atoms with Crippen molar-refractivity contribution in [1.29, 1.82) is 0 Å². The minimum Gasteiger partial charge on any atom is -0.616 e. The fourth-order valence-electron chi connectivity index (χ4n) is 2.59. The number of anilines is 1. The molecule has 0 spiro atoms. The molecule has 1 saturated heterocycles. The maximum atomic E-state index is 14.5. The van der Waals surface area contributed by atoms with Crippen LogP contribution in [0.3, 0.4) is 0 Å². The van der Waals surface area contributed by atoms with Crippen LogP contribution < -0.4 is 10.2 Å². The number of ether oxygens (including phenoxy) is 1. The van der Waals surface area contributed by atoms with Crippen molar-refractivity contribution in [1.82, 2.24) is 20.3 Å². The number of nitrogens with zero attached hydrogens (tertiary/aromatic N) is 4. The Kier molecular flexibility index (Phi) is 5.89. The lowest BCUT2D eigenvalue weighted by atomic mass is 10.2. The first kappa shape index (κ1) is 18.8. The molecule has 26 heavy (non-hydrogen) atoms. The Hall–Kier alpha value is -1.98. The Morgan fingerprint density at radius 3 is 2.62 bits per heavy atom. The number of benzene rings is 1. The fraction of sp³-hybridized carbons (Fsp3) is 0.400. The Balaban J connectivity index is 1.77. The molecule has 1 aliphatic heterocycles. The van der Waals surface area contributed by atoms with Gasteiger partial charge in [-0.2, -0.15) is 0 Å². The van der Waals surface area contributed by atoms with Crippen LogP contribution in [0.4, 0.5) is 14.5 Å². The van der Waals surface area contributed by atoms with Gasteiger partial charge in [0.2, 0.25) is 0 Å². The van der Waals surface area contributed by atoms with Crippen molar-refractivity contribution in [2.75, 3.05) is 36.6 Å². The van der Waals surface area contributed by atoms with Gasteiger partial charge in [0.15, 0.2) is 11.6 Å². The largest absolute Gasteiger partial charge is 0.616 e. The molecule has 0 bridgehead atoms. The molecule has 1 aromatic carbocycles. The summed E-state index contributed by atoms with van der Waals surface area (Å²) in [6.45, 7) is 0.997. The van der Waals surface area contributed by atoms with E-state index in [1.807, 2.05) is 0 Å². The smallest absolute Gasteiger partial charge is 0.256 e. The molecule has 1 aromatic heterocycles. The van der Waals surface area contributed by atoms with E-state index in [9.17, 15) is 13.3 Å². The molecule has 0 atom stereocenters. The Morgan fingerprint density at radius 1 is 1.35 bits per heavy atom. The molecule has 0 saturated carbocycles. The van der Waals surface area contributed by atoms with Gasteiger partial charge in [0.1, 0.15) is 22.9 Å². The average molecular weight is 401 g/mol. The van der Waals surface area contributed by atoms with Gasteiger partial charge in [-0.05, 0) is 12.2 Å². The number of hydrogen-bond acceptors (Lipinski definition) is 6. The summed E-state index contributed by atoms with van der Waals surface area (Å²) in [5.74, 6) is -0.570. The highest BCUT2D eigenvalue weighted by Gasteiger charge is 2.25. The van der Waals surface area contributed by atoms with Gasteiger partial charge in [0.25, 0.3) is 5.17 Å². The van der Waals surface area contributed by atoms with Gasteiger partial charge >= 0.3 is 0 Å². The first-order chi connectivity index (χ1) is 12.5. The van der Waals surface area contributed by atoms with Crippen molar-refractivity contribution in [2.45, 2.75) is 6.54 Å². The van der Waals surface area contributed by atoms with Gasteiger partial charge in [-0.25, -0.2) is 13.5 Å². The second-order valence-corrected chi connectivity index (χ2v) is 7.66. The number of aromatic nitrogens is 3. The molecule has 0 unspecified atom stereocenters. The number of nitrogens with one attached hydrogen (secondary N) is 1. The zero-order valence-corrected chi connectivity index (χ0v) is 15.6. The van der Waals surface area contributed by atoms with E-state index in [0.29, 0.717) is 30.3 Å². The molecule has 1 N–H and O–H groups in total. The molecule has 0 amide bonds. The van der Waals surface area contributed by atoms with Crippen LogP contribution in [0.25, 0.3) is 5.69 Å². The van der Waals surface area contributed by atoms with Crippen LogP contribution in [0, 0.1) is 11.6 Å². The molecule has 2 heterocycles. The average Bonchev–Trinajstić information content (AvgIpc) is 3.09. The monoisotopic (exact) mass is 401 g/mol. The molecule has 140 valence electrons. The summed E-state index contributed by atoms with van der Waals surface area (Å²) in [5, 5.41) is 10.8. The van der Waals surface area contributed by atoms with Crippen LogP contribution >= 0.6 is 12.2 Å². The lowest BCUT2D eigenvalue weighted by Crippen LogP contribution is -2.41. The summed E-state index contributed by atoms with van der Waals surface area (Å²) < 4.78 is 46.6. The van der Waals surface area contributed by atoms with Gasteiger partial charge in [-0.1, -0.05) is 16.4 Å². The van der Waals surface area contributed by atoms with E-state index in [1.54, 1.807) is 11.1 Å². The highest BCUT2D eigenvalue weighted by atomic mass is 32.2. The summed E-state index contributed by atoms with van der Waals surface area (Å²) in [4.78, 5) is 1.58. The zero-order chi connectivity index (χ0) is 18.7. The van der Waals surface area contributed by atoms with Gasteiger partial charge in [-0.3, -0.25) is 0 Å². The summed E-state index contributed by atoms with van der Waals surface area (Å²) in [6, 6.07) is 2.41. The first-order valence-corrected chi connectivity index (χ1v) is 9.70. The Bertz CT molecular complexity index is 773. The van der Waals surface area contributed by atoms with Gasteiger partial charge in [0, 0.05) is 12.1 Å². The summed E-state index contributed by atoms with van der Waals surface area (Å²) in [5.41, 5.74) is 0.656. The molecule has 0 aliphatic carbocycles. The van der Waals surface area contributed by atoms with Gasteiger partial charge in [0.05, 0.1) is 38.6 Å². The summed E-state index contributed by atoms with van der Waals surface area (Å²) in [7, 11) is 1.44. The molecule has 11 heteroatoms. The first-order valence-electron chi connectivity index (χ1n) is 7.80. The van der Waals surface area contributed by atoms with E-state index in [2.05, 4.69) is 15.6 Å². The Labute approximate surface area is 157 Å². The van der Waals surface area contributed by atoms with E-state index in [4.69, 9.17) is 17.0 Å². The number of thiocarbonyl (C=S) groups is 1. The molecular weight excluding hydrogens is 384 g/mol. The molecule has 1 aliphatic rings. The highest BCUT2D eigenvalue weighted by Crippen LogP contribution is 2.27. The predicted molar refractivity (Wildman–Crippen MR) is 97.8 cm³/mol. The van der Waals surface area contributed by atoms with E-state index < -0.39 is 22.8 Å². The second-order valence-electron chi connectivity index (χ2n) is 5.59. The number of methoxy groups -OCH3 is 1. The van der Waals surface area contributed by atoms with Crippen molar-refractivity contribution >= 4 is 34.3 Å². The summed E-state index contributed by atoms with van der Waals surface area (Å²) >= 11 is 3.94. The van der Waals surface area contributed by atoms with Crippen molar-refractivity contribution < 1.29 is 18.1 Å². The number of halogens is 2. The van der Waals surface area contributed by atoms with Crippen LogP contribution in [-0.2, 0) is 22.5 Å². The Morgan fingerprint density at radius 2 is 2.00 bits per heavy atom. The maximum absolute atomic E-state index is 14.5. The third-order valence-corrected chi connectivity index (χ3v) is 5.49. The van der Waals surface area contributed by atoms with E-state index in [0.717, 1.165) is 0 Å². The number of rotatable bonds is 4. The lowest BCUT2D eigenvalue weighted by molar-refractivity contribution is 0.392. The van der Waals surface area contributed by atoms with E-state index >= 15 is 0 Å². The minimum absolute atomic E-state index is 0.0992. The van der Waals surface area contributed by atoms with Crippen molar-refractivity contribution in [3.8, 4) is 5.69 Å². The summed E-state index contributed by atoms with van der Waals surface area (Å²) in [6.07, 6.45) is 1.54. The third-order valence-electron chi connectivity index (χ3n) is 3.90. The molecule has 3 rings (SSSR count). The van der Waals surface area contributed by atoms with Gasteiger partial charge < -0.3 is 19.5 Å². The SMILES string of the molecule is COC(=S)NCc1cn(-c2cc(F)c(N3CC[S+]([O-])CC3)c(F)c2)nn1. The van der Waals surface area contributed by atoms with Crippen molar-refractivity contribution in [2.24, 2.45) is 0 Å². The molecule has 2 aromatic rings. The quantitative estimate of drug-likeness (QED) is 0.608. The minimum atomic E-state index is -0.919. The maximum Gasteiger partial charge on any atom is 0.256 e. The predicted octanol–water partition coefficient (Wildman–Crippen LogP) is 1.14.